The minimum atomic E-state index is -1.82. The molecule has 0 saturated carbocycles. The Morgan fingerprint density at radius 3 is 2.40 bits per heavy atom. The summed E-state index contributed by atoms with van der Waals surface area (Å²) in [5, 5.41) is 17.6. The van der Waals surface area contributed by atoms with Crippen molar-refractivity contribution in [1.29, 1.82) is 0 Å². The Balaban J connectivity index is 3.00. The van der Waals surface area contributed by atoms with Crippen molar-refractivity contribution in [3.8, 4) is 0 Å². The third kappa shape index (κ3) is 2.67. The van der Waals surface area contributed by atoms with Crippen molar-refractivity contribution in [1.82, 2.24) is 4.98 Å². The van der Waals surface area contributed by atoms with Gasteiger partial charge >= 0.3 is 7.12 Å². The summed E-state index contributed by atoms with van der Waals surface area (Å²) in [6, 6.07) is 1.21. The number of hydrogen-bond acceptors (Lipinski definition) is 4. The number of hydrogen-bond donors (Lipinski definition) is 2. The summed E-state index contributed by atoms with van der Waals surface area (Å²) in [5.74, 6) is -0.149. The van der Waals surface area contributed by atoms with Gasteiger partial charge in [-0.05, 0) is 13.8 Å². The van der Waals surface area contributed by atoms with E-state index in [2.05, 4.69) is 4.98 Å². The maximum atomic E-state index is 13.3. The molecule has 0 radical (unpaired) electrons. The molecule has 0 aliphatic carbocycles. The van der Waals surface area contributed by atoms with Crippen molar-refractivity contribution in [2.24, 2.45) is 0 Å². The molecule has 0 aromatic carbocycles. The Kier molecular flexibility index (Phi) is 4.05. The van der Waals surface area contributed by atoms with Gasteiger partial charge < -0.3 is 14.9 Å². The third-order valence-electron chi connectivity index (χ3n) is 2.23. The highest BCUT2D eigenvalue weighted by molar-refractivity contribution is 6.58. The van der Waals surface area contributed by atoms with E-state index in [0.717, 1.165) is 19.3 Å². The zero-order chi connectivity index (χ0) is 11.4. The van der Waals surface area contributed by atoms with Gasteiger partial charge in [0.05, 0.1) is 0 Å². The molecular weight excluding hydrogens is 198 g/mol. The van der Waals surface area contributed by atoms with Crippen LogP contribution in [-0.4, -0.2) is 35.2 Å². The van der Waals surface area contributed by atoms with Gasteiger partial charge in [0.1, 0.15) is 11.6 Å². The van der Waals surface area contributed by atoms with E-state index in [1.807, 2.05) is 18.7 Å². The lowest BCUT2D eigenvalue weighted by molar-refractivity contribution is 0.423. The molecule has 0 spiro atoms. The number of pyridine rings is 1. The van der Waals surface area contributed by atoms with E-state index < -0.39 is 12.9 Å². The van der Waals surface area contributed by atoms with E-state index in [9.17, 15) is 4.39 Å². The molecule has 15 heavy (non-hydrogen) atoms. The number of rotatable bonds is 4. The molecule has 1 aromatic rings. The molecular formula is C9H14BFN2O2. The summed E-state index contributed by atoms with van der Waals surface area (Å²) < 4.78 is 13.3. The van der Waals surface area contributed by atoms with Crippen LogP contribution in [0.5, 0.6) is 0 Å². The second kappa shape index (κ2) is 5.09. The first-order valence-corrected chi connectivity index (χ1v) is 4.86. The fourth-order valence-electron chi connectivity index (χ4n) is 1.34. The standard InChI is InChI=1S/C9H14BFN2O2/c1-3-13(4-2)9-5-8(11)7(6-12-9)10(14)15/h5-6,14-15H,3-4H2,1-2H3. The summed E-state index contributed by atoms with van der Waals surface area (Å²) in [6.45, 7) is 5.34. The van der Waals surface area contributed by atoms with Crippen LogP contribution in [-0.2, 0) is 0 Å². The predicted molar refractivity (Wildman–Crippen MR) is 57.6 cm³/mol. The Morgan fingerprint density at radius 2 is 2.00 bits per heavy atom. The highest BCUT2D eigenvalue weighted by Gasteiger charge is 2.18. The molecule has 1 heterocycles. The average Bonchev–Trinajstić information content (AvgIpc) is 2.19. The normalized spacial score (nSPS) is 10.2. The van der Waals surface area contributed by atoms with E-state index in [1.165, 1.54) is 6.07 Å². The van der Waals surface area contributed by atoms with Crippen molar-refractivity contribution in [2.45, 2.75) is 13.8 Å². The fraction of sp³-hybridized carbons (Fsp3) is 0.444. The lowest BCUT2D eigenvalue weighted by atomic mass is 9.81. The molecule has 2 N–H and O–H groups in total. The number of nitrogens with zero attached hydrogens (tertiary/aromatic N) is 2. The van der Waals surface area contributed by atoms with Crippen molar-refractivity contribution in [3.63, 3.8) is 0 Å². The van der Waals surface area contributed by atoms with Crippen molar-refractivity contribution in [2.75, 3.05) is 18.0 Å². The van der Waals surface area contributed by atoms with Crippen molar-refractivity contribution >= 4 is 18.4 Å². The van der Waals surface area contributed by atoms with E-state index in [-0.39, 0.29) is 5.46 Å². The van der Waals surface area contributed by atoms with Gasteiger partial charge in [0.15, 0.2) is 0 Å². The molecule has 1 rings (SSSR count). The Hall–Kier alpha value is -1.14. The molecule has 0 amide bonds. The van der Waals surface area contributed by atoms with E-state index >= 15 is 0 Å². The molecule has 4 nitrogen and oxygen atoms in total. The number of aromatic nitrogens is 1. The zero-order valence-corrected chi connectivity index (χ0v) is 8.81. The molecule has 6 heteroatoms. The van der Waals surface area contributed by atoms with Gasteiger partial charge in [0.2, 0.25) is 0 Å². The van der Waals surface area contributed by atoms with E-state index in [0.29, 0.717) is 5.82 Å². The molecule has 0 aliphatic heterocycles. The van der Waals surface area contributed by atoms with Crippen LogP contribution in [0.3, 0.4) is 0 Å². The first-order chi connectivity index (χ1) is 7.10. The molecule has 0 atom stereocenters. The Bertz CT molecular complexity index is 332. The molecule has 0 aliphatic rings. The molecule has 0 saturated heterocycles. The van der Waals surface area contributed by atoms with Crippen LogP contribution < -0.4 is 10.4 Å². The summed E-state index contributed by atoms with van der Waals surface area (Å²) in [5.41, 5.74) is -0.203. The average molecular weight is 212 g/mol. The van der Waals surface area contributed by atoms with Crippen LogP contribution in [0.1, 0.15) is 13.8 Å². The molecule has 0 unspecified atom stereocenters. The predicted octanol–water partition coefficient (Wildman–Crippen LogP) is -0.253. The van der Waals surface area contributed by atoms with Crippen molar-refractivity contribution in [3.05, 3.63) is 18.1 Å². The maximum Gasteiger partial charge on any atom is 0.493 e. The van der Waals surface area contributed by atoms with Gasteiger partial charge in [0.25, 0.3) is 0 Å². The first-order valence-electron chi connectivity index (χ1n) is 4.86. The number of halogens is 1. The first kappa shape index (κ1) is 11.9. The lowest BCUT2D eigenvalue weighted by Gasteiger charge is -2.19. The van der Waals surface area contributed by atoms with Crippen LogP contribution in [0.25, 0.3) is 0 Å². The molecule has 1 aromatic heterocycles. The Labute approximate surface area is 88.5 Å². The lowest BCUT2D eigenvalue weighted by Crippen LogP contribution is -2.34. The quantitative estimate of drug-likeness (QED) is 0.675. The van der Waals surface area contributed by atoms with Gasteiger partial charge in [-0.1, -0.05) is 0 Å². The minimum Gasteiger partial charge on any atom is -0.423 e. The van der Waals surface area contributed by atoms with E-state index in [1.54, 1.807) is 0 Å². The van der Waals surface area contributed by atoms with E-state index in [4.69, 9.17) is 10.0 Å². The van der Waals surface area contributed by atoms with Crippen LogP contribution in [0.4, 0.5) is 10.2 Å². The van der Waals surface area contributed by atoms with Gasteiger partial charge in [-0.25, -0.2) is 9.37 Å². The van der Waals surface area contributed by atoms with Crippen molar-refractivity contribution < 1.29 is 14.4 Å². The largest absolute Gasteiger partial charge is 0.493 e. The second-order valence-electron chi connectivity index (χ2n) is 3.11. The monoisotopic (exact) mass is 212 g/mol. The Morgan fingerprint density at radius 1 is 1.40 bits per heavy atom. The third-order valence-corrected chi connectivity index (χ3v) is 2.23. The second-order valence-corrected chi connectivity index (χ2v) is 3.11. The summed E-state index contributed by atoms with van der Waals surface area (Å²) in [4.78, 5) is 5.84. The summed E-state index contributed by atoms with van der Waals surface area (Å²) in [7, 11) is -1.82. The summed E-state index contributed by atoms with van der Waals surface area (Å²) in [6.07, 6.45) is 1.15. The van der Waals surface area contributed by atoms with Gasteiger partial charge in [0, 0.05) is 30.8 Å². The smallest absolute Gasteiger partial charge is 0.423 e. The fourth-order valence-corrected chi connectivity index (χ4v) is 1.34. The molecule has 82 valence electrons. The van der Waals surface area contributed by atoms with Gasteiger partial charge in [-0.2, -0.15) is 0 Å². The molecule has 0 fully saturated rings. The zero-order valence-electron chi connectivity index (χ0n) is 8.81. The van der Waals surface area contributed by atoms with Gasteiger partial charge in [-0.3, -0.25) is 0 Å². The number of anilines is 1. The van der Waals surface area contributed by atoms with Crippen LogP contribution >= 0.6 is 0 Å². The minimum absolute atomic E-state index is 0.203. The highest BCUT2D eigenvalue weighted by atomic mass is 19.1. The molecule has 0 bridgehead atoms. The van der Waals surface area contributed by atoms with Crippen LogP contribution in [0.15, 0.2) is 12.3 Å². The van der Waals surface area contributed by atoms with Gasteiger partial charge in [-0.15, -0.1) is 0 Å². The summed E-state index contributed by atoms with van der Waals surface area (Å²) >= 11 is 0. The topological polar surface area (TPSA) is 56.6 Å². The van der Waals surface area contributed by atoms with Crippen LogP contribution in [0, 0.1) is 5.82 Å². The SMILES string of the molecule is CCN(CC)c1cc(F)c(B(O)O)cn1. The maximum absolute atomic E-state index is 13.3. The highest BCUT2D eigenvalue weighted by Crippen LogP contribution is 2.10. The van der Waals surface area contributed by atoms with Crippen LogP contribution in [0.2, 0.25) is 0 Å².